The summed E-state index contributed by atoms with van der Waals surface area (Å²) in [6, 6.07) is 3.62. The molecule has 0 aliphatic carbocycles. The molecule has 36 heavy (non-hydrogen) atoms. The number of anilines is 1. The van der Waals surface area contributed by atoms with Gasteiger partial charge < -0.3 is 15.8 Å². The van der Waals surface area contributed by atoms with Crippen molar-refractivity contribution in [3.63, 3.8) is 0 Å². The zero-order valence-electron chi connectivity index (χ0n) is 20.3. The highest BCUT2D eigenvalue weighted by atomic mass is 19.1. The fraction of sp³-hybridized carbons (Fsp3) is 0.400. The molecule has 3 atom stereocenters. The molecule has 1 saturated heterocycles. The van der Waals surface area contributed by atoms with Crippen molar-refractivity contribution in [2.75, 3.05) is 32.1 Å². The number of methoxy groups -OCH3 is 1. The van der Waals surface area contributed by atoms with E-state index in [-0.39, 0.29) is 23.8 Å². The van der Waals surface area contributed by atoms with Gasteiger partial charge in [-0.05, 0) is 44.0 Å². The molecule has 0 spiro atoms. The summed E-state index contributed by atoms with van der Waals surface area (Å²) in [6.07, 6.45) is 3.80. The molecule has 3 aromatic rings. The lowest BCUT2D eigenvalue weighted by atomic mass is 10.0. The van der Waals surface area contributed by atoms with Gasteiger partial charge in [0.05, 0.1) is 41.5 Å². The normalized spacial score (nSPS) is 19.3. The van der Waals surface area contributed by atoms with Gasteiger partial charge in [0.1, 0.15) is 12.0 Å². The van der Waals surface area contributed by atoms with Gasteiger partial charge in [-0.15, -0.1) is 0 Å². The molecule has 0 radical (unpaired) electrons. The number of nitrogens with two attached hydrogens (primary N) is 1. The molecule has 4 rings (SSSR count). The van der Waals surface area contributed by atoms with Crippen LogP contribution in [0, 0.1) is 18.7 Å². The Balaban J connectivity index is 1.53. The average molecular weight is 503 g/mol. The van der Waals surface area contributed by atoms with Gasteiger partial charge in [0.2, 0.25) is 5.95 Å². The molecule has 1 aromatic carbocycles. The van der Waals surface area contributed by atoms with Crippen LogP contribution < -0.4 is 11.1 Å². The Labute approximate surface area is 207 Å². The number of ether oxygens (including phenoxy) is 1. The van der Waals surface area contributed by atoms with Crippen LogP contribution in [0.2, 0.25) is 0 Å². The number of hydrogen-bond donors (Lipinski definition) is 2. The van der Waals surface area contributed by atoms with E-state index in [1.54, 1.807) is 26.3 Å². The Bertz CT molecular complexity index is 1250. The van der Waals surface area contributed by atoms with Crippen molar-refractivity contribution in [1.29, 1.82) is 0 Å². The molecule has 11 heteroatoms. The number of carbonyl (C=O) groups excluding carboxylic acids is 1. The van der Waals surface area contributed by atoms with E-state index in [2.05, 4.69) is 15.4 Å². The molecule has 192 valence electrons. The van der Waals surface area contributed by atoms with Crippen molar-refractivity contribution in [3.8, 4) is 16.8 Å². The van der Waals surface area contributed by atoms with Crippen molar-refractivity contribution in [3.05, 3.63) is 59.7 Å². The van der Waals surface area contributed by atoms with E-state index < -0.39 is 29.9 Å². The predicted molar refractivity (Wildman–Crippen MR) is 130 cm³/mol. The molecule has 3 N–H and O–H groups in total. The first-order chi connectivity index (χ1) is 17.2. The minimum atomic E-state index is -1.11. The van der Waals surface area contributed by atoms with E-state index in [0.717, 1.165) is 0 Å². The first-order valence-corrected chi connectivity index (χ1v) is 11.6. The minimum absolute atomic E-state index is 0.0209. The number of benzene rings is 1. The van der Waals surface area contributed by atoms with Crippen LogP contribution in [0.4, 0.5) is 18.9 Å². The maximum absolute atomic E-state index is 14.9. The van der Waals surface area contributed by atoms with Gasteiger partial charge in [0.25, 0.3) is 5.91 Å². The number of carbonyl (C=O) groups is 1. The number of hydrogen-bond acceptors (Lipinski definition) is 6. The molecule has 1 aliphatic heterocycles. The lowest BCUT2D eigenvalue weighted by Gasteiger charge is -2.36. The predicted octanol–water partition coefficient (Wildman–Crippen LogP) is 3.48. The van der Waals surface area contributed by atoms with E-state index in [1.807, 2.05) is 11.8 Å². The van der Waals surface area contributed by atoms with E-state index in [9.17, 15) is 18.0 Å². The second-order valence-electron chi connectivity index (χ2n) is 9.08. The number of aromatic nitrogens is 3. The number of amides is 1. The van der Waals surface area contributed by atoms with E-state index in [1.165, 1.54) is 29.2 Å². The molecule has 0 bridgehead atoms. The quantitative estimate of drug-likeness (QED) is 0.458. The number of pyridine rings is 1. The fourth-order valence-electron chi connectivity index (χ4n) is 4.37. The molecule has 0 unspecified atom stereocenters. The first-order valence-electron chi connectivity index (χ1n) is 11.6. The summed E-state index contributed by atoms with van der Waals surface area (Å²) in [4.78, 5) is 17.4. The number of primary amides is 1. The zero-order valence-corrected chi connectivity index (χ0v) is 20.3. The van der Waals surface area contributed by atoms with Crippen LogP contribution in [0.5, 0.6) is 0 Å². The molecule has 8 nitrogen and oxygen atoms in total. The summed E-state index contributed by atoms with van der Waals surface area (Å²) in [5.41, 5.74) is 6.99. The van der Waals surface area contributed by atoms with Crippen LogP contribution in [0.15, 0.2) is 36.8 Å². The van der Waals surface area contributed by atoms with Gasteiger partial charge in [-0.2, -0.15) is 9.49 Å². The van der Waals surface area contributed by atoms with Gasteiger partial charge in [0, 0.05) is 44.1 Å². The summed E-state index contributed by atoms with van der Waals surface area (Å²) < 4.78 is 50.2. The summed E-state index contributed by atoms with van der Waals surface area (Å²) in [6.45, 7) is 5.25. The Morgan fingerprint density at radius 2 is 2.08 bits per heavy atom. The highest BCUT2D eigenvalue weighted by Crippen LogP contribution is 2.28. The Morgan fingerprint density at radius 1 is 1.31 bits per heavy atom. The highest BCUT2D eigenvalue weighted by molar-refractivity contribution is 5.93. The third-order valence-corrected chi connectivity index (χ3v) is 6.43. The van der Waals surface area contributed by atoms with E-state index in [4.69, 9.17) is 10.5 Å². The molecule has 1 fully saturated rings. The number of halogens is 3. The lowest BCUT2D eigenvalue weighted by molar-refractivity contribution is 0.0490. The van der Waals surface area contributed by atoms with Crippen LogP contribution in [0.1, 0.15) is 29.3 Å². The number of likely N-dealkylation sites (tertiary alicyclic amines) is 1. The SMILES string of the molecule is CO[C@@H](C)CN1CC[C@H](Nc2cnc(F)c(-c3cnn(-c4cc(C(N)=O)c(F)cc4C)c3)c2)[C@H](F)C1. The standard InChI is InChI=1S/C25H29F3N6O2/c1-14-6-20(26)19(25(29)35)8-23(14)34-12-16(9-31-34)18-7-17(10-30-24(18)28)32-22-4-5-33(13-21(22)27)11-15(2)36-3/h6-10,12,15,21-22,32H,4-5,11,13H2,1-3H3,(H2,29,35)/t15-,21+,22-/m0/s1. The van der Waals surface area contributed by atoms with Gasteiger partial charge in [-0.1, -0.05) is 0 Å². The molecule has 1 amide bonds. The van der Waals surface area contributed by atoms with Crippen molar-refractivity contribution in [2.24, 2.45) is 5.73 Å². The smallest absolute Gasteiger partial charge is 0.251 e. The third kappa shape index (κ3) is 5.52. The van der Waals surface area contributed by atoms with Crippen molar-refractivity contribution < 1.29 is 22.7 Å². The number of alkyl halides is 1. The van der Waals surface area contributed by atoms with Crippen LogP contribution in [0.3, 0.4) is 0 Å². The van der Waals surface area contributed by atoms with Gasteiger partial charge in [-0.25, -0.2) is 18.4 Å². The molecular formula is C25H29F3N6O2. The summed E-state index contributed by atoms with van der Waals surface area (Å²) >= 11 is 0. The van der Waals surface area contributed by atoms with Crippen LogP contribution in [-0.2, 0) is 4.74 Å². The van der Waals surface area contributed by atoms with Crippen LogP contribution >= 0.6 is 0 Å². The number of rotatable bonds is 8. The van der Waals surface area contributed by atoms with E-state index >= 15 is 0 Å². The Morgan fingerprint density at radius 3 is 2.78 bits per heavy atom. The van der Waals surface area contributed by atoms with E-state index in [0.29, 0.717) is 42.0 Å². The molecule has 2 aromatic heterocycles. The molecule has 1 aliphatic rings. The molecular weight excluding hydrogens is 473 g/mol. The van der Waals surface area contributed by atoms with Gasteiger partial charge >= 0.3 is 0 Å². The van der Waals surface area contributed by atoms with Crippen molar-refractivity contribution >= 4 is 11.6 Å². The van der Waals surface area contributed by atoms with Crippen molar-refractivity contribution in [1.82, 2.24) is 19.7 Å². The number of nitrogens with one attached hydrogen (secondary N) is 1. The van der Waals surface area contributed by atoms with Crippen molar-refractivity contribution in [2.45, 2.75) is 38.6 Å². The summed E-state index contributed by atoms with van der Waals surface area (Å²) in [7, 11) is 1.63. The largest absolute Gasteiger partial charge is 0.380 e. The van der Waals surface area contributed by atoms with Gasteiger partial charge in [-0.3, -0.25) is 9.69 Å². The topological polar surface area (TPSA) is 98.3 Å². The minimum Gasteiger partial charge on any atom is -0.380 e. The summed E-state index contributed by atoms with van der Waals surface area (Å²) in [5, 5.41) is 7.39. The fourth-order valence-corrected chi connectivity index (χ4v) is 4.37. The lowest BCUT2D eigenvalue weighted by Crippen LogP contribution is -2.49. The second-order valence-corrected chi connectivity index (χ2v) is 9.08. The Kier molecular flexibility index (Phi) is 7.60. The molecule has 0 saturated carbocycles. The summed E-state index contributed by atoms with van der Waals surface area (Å²) in [5.74, 6) is -2.34. The van der Waals surface area contributed by atoms with Crippen LogP contribution in [-0.4, -0.2) is 70.6 Å². The number of aryl methyl sites for hydroxylation is 1. The maximum atomic E-state index is 14.9. The first kappa shape index (κ1) is 25.6. The zero-order chi connectivity index (χ0) is 26.0. The van der Waals surface area contributed by atoms with Gasteiger partial charge in [0.15, 0.2) is 0 Å². The van der Waals surface area contributed by atoms with Crippen LogP contribution in [0.25, 0.3) is 16.8 Å². The highest BCUT2D eigenvalue weighted by Gasteiger charge is 2.30. The average Bonchev–Trinajstić information content (AvgIpc) is 3.31. The monoisotopic (exact) mass is 502 g/mol. The maximum Gasteiger partial charge on any atom is 0.251 e. The number of piperidine rings is 1. The third-order valence-electron chi connectivity index (χ3n) is 6.43. The molecule has 3 heterocycles. The Hall–Kier alpha value is -3.44. The second kappa shape index (κ2) is 10.7. The number of nitrogens with zero attached hydrogens (tertiary/aromatic N) is 4.